The van der Waals surface area contributed by atoms with E-state index in [1.807, 2.05) is 49.4 Å². The monoisotopic (exact) mass is 304 g/mol. The van der Waals surface area contributed by atoms with Gasteiger partial charge in [0, 0.05) is 35.9 Å². The van der Waals surface area contributed by atoms with Crippen LogP contribution in [-0.4, -0.2) is 20.7 Å². The maximum atomic E-state index is 4.38. The molecule has 1 aromatic carbocycles. The van der Waals surface area contributed by atoms with Crippen LogP contribution in [0.5, 0.6) is 0 Å². The molecule has 0 spiro atoms. The van der Waals surface area contributed by atoms with Gasteiger partial charge in [-0.25, -0.2) is 4.98 Å². The Labute approximate surface area is 134 Å². The third-order valence-corrected chi connectivity index (χ3v) is 3.12. The van der Waals surface area contributed by atoms with Crippen LogP contribution in [0.25, 0.3) is 0 Å². The van der Waals surface area contributed by atoms with Crippen molar-refractivity contribution in [3.05, 3.63) is 72.7 Å². The fraction of sp³-hybridized carbons (Fsp3) is 0.0588. The van der Waals surface area contributed by atoms with Crippen LogP contribution in [0.2, 0.25) is 0 Å². The zero-order valence-electron chi connectivity index (χ0n) is 12.6. The van der Waals surface area contributed by atoms with Crippen LogP contribution in [0.1, 0.15) is 12.5 Å². The number of rotatable bonds is 5. The SMILES string of the molecule is CC(=NNc1ccnc(Nc2ccccc2)n1)c1ccncc1. The molecular weight excluding hydrogens is 288 g/mol. The van der Waals surface area contributed by atoms with E-state index in [0.717, 1.165) is 17.0 Å². The summed E-state index contributed by atoms with van der Waals surface area (Å²) in [4.78, 5) is 12.6. The van der Waals surface area contributed by atoms with Gasteiger partial charge < -0.3 is 5.32 Å². The minimum Gasteiger partial charge on any atom is -0.324 e. The van der Waals surface area contributed by atoms with Gasteiger partial charge in [-0.15, -0.1) is 0 Å². The third kappa shape index (κ3) is 4.10. The molecular formula is C17H16N6. The maximum absolute atomic E-state index is 4.38. The molecule has 0 saturated heterocycles. The van der Waals surface area contributed by atoms with Gasteiger partial charge in [0.25, 0.3) is 0 Å². The molecule has 0 radical (unpaired) electrons. The summed E-state index contributed by atoms with van der Waals surface area (Å²) in [6.45, 7) is 1.92. The first kappa shape index (κ1) is 14.6. The van der Waals surface area contributed by atoms with Crippen LogP contribution in [0.15, 0.2) is 72.2 Å². The van der Waals surface area contributed by atoms with Crippen molar-refractivity contribution in [2.45, 2.75) is 6.92 Å². The quantitative estimate of drug-likeness (QED) is 0.558. The molecule has 6 nitrogen and oxygen atoms in total. The summed E-state index contributed by atoms with van der Waals surface area (Å²) in [6, 6.07) is 15.3. The van der Waals surface area contributed by atoms with Gasteiger partial charge in [-0.2, -0.15) is 10.1 Å². The van der Waals surface area contributed by atoms with E-state index in [1.54, 1.807) is 24.7 Å². The lowest BCUT2D eigenvalue weighted by atomic mass is 10.2. The highest BCUT2D eigenvalue weighted by atomic mass is 15.3. The van der Waals surface area contributed by atoms with Gasteiger partial charge in [0.05, 0.1) is 5.71 Å². The Morgan fingerprint density at radius 2 is 1.74 bits per heavy atom. The average Bonchev–Trinajstić information content (AvgIpc) is 2.62. The van der Waals surface area contributed by atoms with E-state index in [2.05, 4.69) is 30.8 Å². The molecule has 114 valence electrons. The van der Waals surface area contributed by atoms with Crippen LogP contribution >= 0.6 is 0 Å². The highest BCUT2D eigenvalue weighted by molar-refractivity contribution is 5.98. The lowest BCUT2D eigenvalue weighted by Gasteiger charge is -2.06. The van der Waals surface area contributed by atoms with E-state index in [1.165, 1.54) is 0 Å². The Bertz CT molecular complexity index is 786. The summed E-state index contributed by atoms with van der Waals surface area (Å²) < 4.78 is 0. The van der Waals surface area contributed by atoms with Gasteiger partial charge in [0.15, 0.2) is 5.82 Å². The van der Waals surface area contributed by atoms with E-state index >= 15 is 0 Å². The number of nitrogens with one attached hydrogen (secondary N) is 2. The summed E-state index contributed by atoms with van der Waals surface area (Å²) in [5.41, 5.74) is 5.73. The third-order valence-electron chi connectivity index (χ3n) is 3.12. The average molecular weight is 304 g/mol. The zero-order chi connectivity index (χ0) is 15.9. The van der Waals surface area contributed by atoms with Crippen molar-refractivity contribution in [2.24, 2.45) is 5.10 Å². The molecule has 2 N–H and O–H groups in total. The topological polar surface area (TPSA) is 75.1 Å². The first-order valence-electron chi connectivity index (χ1n) is 7.17. The molecule has 0 aliphatic carbocycles. The molecule has 3 rings (SSSR count). The largest absolute Gasteiger partial charge is 0.324 e. The normalized spacial score (nSPS) is 11.1. The van der Waals surface area contributed by atoms with E-state index in [0.29, 0.717) is 11.8 Å². The first-order chi connectivity index (χ1) is 11.3. The number of pyridine rings is 1. The molecule has 3 aromatic rings. The number of hydrogen-bond acceptors (Lipinski definition) is 6. The molecule has 23 heavy (non-hydrogen) atoms. The number of anilines is 3. The van der Waals surface area contributed by atoms with Crippen molar-refractivity contribution in [2.75, 3.05) is 10.7 Å². The summed E-state index contributed by atoms with van der Waals surface area (Å²) in [5.74, 6) is 1.13. The molecule has 0 fully saturated rings. The second-order valence-electron chi connectivity index (χ2n) is 4.80. The highest BCUT2D eigenvalue weighted by Crippen LogP contribution is 2.13. The predicted octanol–water partition coefficient (Wildman–Crippen LogP) is 3.45. The molecule has 2 aromatic heterocycles. The number of para-hydroxylation sites is 1. The van der Waals surface area contributed by atoms with Crippen LogP contribution in [0.3, 0.4) is 0 Å². The lowest BCUT2D eigenvalue weighted by molar-refractivity contribution is 1.14. The molecule has 0 bridgehead atoms. The fourth-order valence-electron chi connectivity index (χ4n) is 1.93. The second-order valence-corrected chi connectivity index (χ2v) is 4.80. The minimum absolute atomic E-state index is 0.512. The zero-order valence-corrected chi connectivity index (χ0v) is 12.6. The van der Waals surface area contributed by atoms with Crippen molar-refractivity contribution in [3.8, 4) is 0 Å². The predicted molar refractivity (Wildman–Crippen MR) is 91.8 cm³/mol. The molecule has 0 unspecified atom stereocenters. The van der Waals surface area contributed by atoms with Gasteiger partial charge in [0.1, 0.15) is 0 Å². The molecule has 0 aliphatic heterocycles. The number of aromatic nitrogens is 3. The number of benzene rings is 1. The Morgan fingerprint density at radius 1 is 0.957 bits per heavy atom. The summed E-state index contributed by atoms with van der Waals surface area (Å²) in [5, 5.41) is 7.48. The lowest BCUT2D eigenvalue weighted by Crippen LogP contribution is -2.03. The van der Waals surface area contributed by atoms with Crippen LogP contribution in [0.4, 0.5) is 17.5 Å². The molecule has 0 saturated carbocycles. The molecule has 0 atom stereocenters. The van der Waals surface area contributed by atoms with E-state index in [4.69, 9.17) is 0 Å². The first-order valence-corrected chi connectivity index (χ1v) is 7.17. The summed E-state index contributed by atoms with van der Waals surface area (Å²) in [6.07, 6.45) is 5.15. The Morgan fingerprint density at radius 3 is 2.52 bits per heavy atom. The molecule has 2 heterocycles. The summed E-state index contributed by atoms with van der Waals surface area (Å²) in [7, 11) is 0. The fourth-order valence-corrected chi connectivity index (χ4v) is 1.93. The van der Waals surface area contributed by atoms with Crippen molar-refractivity contribution < 1.29 is 0 Å². The van der Waals surface area contributed by atoms with Crippen LogP contribution < -0.4 is 10.7 Å². The highest BCUT2D eigenvalue weighted by Gasteiger charge is 2.00. The van der Waals surface area contributed by atoms with Gasteiger partial charge in [0.2, 0.25) is 5.95 Å². The standard InChI is InChI=1S/C17H16N6/c1-13(14-7-10-18-11-8-14)22-23-16-9-12-19-17(21-16)20-15-5-3-2-4-6-15/h2-12H,1H3,(H2,19,20,21,23). The van der Waals surface area contributed by atoms with Crippen molar-refractivity contribution in [1.82, 2.24) is 15.0 Å². The number of nitrogens with zero attached hydrogens (tertiary/aromatic N) is 4. The smallest absolute Gasteiger partial charge is 0.229 e. The number of hydrazone groups is 1. The number of hydrogen-bond donors (Lipinski definition) is 2. The van der Waals surface area contributed by atoms with Crippen LogP contribution in [-0.2, 0) is 0 Å². The van der Waals surface area contributed by atoms with E-state index < -0.39 is 0 Å². The summed E-state index contributed by atoms with van der Waals surface area (Å²) >= 11 is 0. The van der Waals surface area contributed by atoms with E-state index in [-0.39, 0.29) is 0 Å². The van der Waals surface area contributed by atoms with Gasteiger partial charge in [-0.1, -0.05) is 18.2 Å². The van der Waals surface area contributed by atoms with Crippen molar-refractivity contribution >= 4 is 23.2 Å². The Hall–Kier alpha value is -3.28. The van der Waals surface area contributed by atoms with Crippen molar-refractivity contribution in [3.63, 3.8) is 0 Å². The van der Waals surface area contributed by atoms with Crippen molar-refractivity contribution in [1.29, 1.82) is 0 Å². The van der Waals surface area contributed by atoms with E-state index in [9.17, 15) is 0 Å². The maximum Gasteiger partial charge on any atom is 0.229 e. The minimum atomic E-state index is 0.512. The van der Waals surface area contributed by atoms with Crippen LogP contribution in [0, 0.1) is 0 Å². The second kappa shape index (κ2) is 7.13. The Kier molecular flexibility index (Phi) is 4.54. The molecule has 6 heteroatoms. The van der Waals surface area contributed by atoms with Gasteiger partial charge in [-0.05, 0) is 31.2 Å². The van der Waals surface area contributed by atoms with Gasteiger partial charge >= 0.3 is 0 Å². The van der Waals surface area contributed by atoms with Gasteiger partial charge in [-0.3, -0.25) is 10.4 Å². The molecule has 0 aliphatic rings. The Balaban J connectivity index is 1.70. The molecule has 0 amide bonds.